The third kappa shape index (κ3) is 11.8. The number of hydrogen-bond donors (Lipinski definition) is 5. The fourth-order valence-electron chi connectivity index (χ4n) is 5.42. The lowest BCUT2D eigenvalue weighted by Gasteiger charge is -2.40. The van der Waals surface area contributed by atoms with Gasteiger partial charge in [-0.2, -0.15) is 0 Å². The largest absolute Gasteiger partial charge is 0.508 e. The van der Waals surface area contributed by atoms with E-state index in [-0.39, 0.29) is 59.9 Å². The molecule has 1 amide bonds. The van der Waals surface area contributed by atoms with E-state index in [1.165, 1.54) is 0 Å². The van der Waals surface area contributed by atoms with Crippen LogP contribution in [0.4, 0.5) is 0 Å². The van der Waals surface area contributed by atoms with Crippen molar-refractivity contribution in [3.8, 4) is 5.75 Å². The van der Waals surface area contributed by atoms with Crippen LogP contribution >= 0.6 is 0 Å². The Bertz CT molecular complexity index is 1860. The van der Waals surface area contributed by atoms with E-state index in [1.807, 2.05) is 60.7 Å². The van der Waals surface area contributed by atoms with E-state index < -0.39 is 18.3 Å². The van der Waals surface area contributed by atoms with Crippen molar-refractivity contribution in [3.63, 3.8) is 0 Å². The molecule has 0 aliphatic rings. The maximum Gasteiger partial charge on any atom is 0.240 e. The Labute approximate surface area is 304 Å². The van der Waals surface area contributed by atoms with Crippen LogP contribution in [0.5, 0.6) is 5.75 Å². The van der Waals surface area contributed by atoms with Crippen LogP contribution in [0.1, 0.15) is 67.2 Å². The van der Waals surface area contributed by atoms with Crippen LogP contribution in [-0.2, 0) is 51.8 Å². The first-order chi connectivity index (χ1) is 24.1. The lowest BCUT2D eigenvalue weighted by molar-refractivity contribution is -0.120. The standard InChI is InChI=1S/C40H53N3O6SSi/c1-29(41-27-38(49-51(5,6)40(2,3)4)34-18-19-37(45)35(24-34)28-44)20-31-14-10-15-32(21-31)23-39(46)42-25-33-16-11-17-36(22-33)50(47,48)43-26-30-12-8-7-9-13-30/h7-19,21-22,24,29,38,41,43-45H,20,23,25-28H2,1-6H3,(H,42,46)/t29-,38-/m1/s1. The normalized spacial score (nSPS) is 13.5. The van der Waals surface area contributed by atoms with Gasteiger partial charge in [-0.25, -0.2) is 13.1 Å². The van der Waals surface area contributed by atoms with Crippen molar-refractivity contribution in [1.29, 1.82) is 0 Å². The summed E-state index contributed by atoms with van der Waals surface area (Å²) in [4.78, 5) is 13.1. The molecule has 4 rings (SSSR count). The van der Waals surface area contributed by atoms with Gasteiger partial charge in [-0.1, -0.05) is 93.6 Å². The molecule has 0 radical (unpaired) electrons. The molecular weight excluding hydrogens is 679 g/mol. The summed E-state index contributed by atoms with van der Waals surface area (Å²) in [6, 6.07) is 29.3. The number of carbonyl (C=O) groups excluding carboxylic acids is 1. The molecule has 0 saturated heterocycles. The second kappa shape index (κ2) is 17.6. The molecule has 0 aromatic heterocycles. The van der Waals surface area contributed by atoms with Gasteiger partial charge in [-0.3, -0.25) is 4.79 Å². The van der Waals surface area contributed by atoms with E-state index in [1.54, 1.807) is 30.3 Å². The number of carbonyl (C=O) groups is 1. The van der Waals surface area contributed by atoms with Crippen LogP contribution in [0, 0.1) is 0 Å². The number of nitrogens with one attached hydrogen (secondary N) is 3. The lowest BCUT2D eigenvalue weighted by atomic mass is 10.0. The van der Waals surface area contributed by atoms with Gasteiger partial charge in [0, 0.05) is 31.2 Å². The summed E-state index contributed by atoms with van der Waals surface area (Å²) < 4.78 is 35.2. The van der Waals surface area contributed by atoms with Crippen molar-refractivity contribution in [1.82, 2.24) is 15.4 Å². The molecule has 5 N–H and O–H groups in total. The number of hydrogen-bond acceptors (Lipinski definition) is 7. The predicted octanol–water partition coefficient (Wildman–Crippen LogP) is 6.51. The third-order valence-electron chi connectivity index (χ3n) is 9.45. The molecular formula is C40H53N3O6SSi. The van der Waals surface area contributed by atoms with Crippen LogP contribution in [0.3, 0.4) is 0 Å². The average molecular weight is 732 g/mol. The van der Waals surface area contributed by atoms with Gasteiger partial charge in [0.05, 0.1) is 24.0 Å². The number of amides is 1. The summed E-state index contributed by atoms with van der Waals surface area (Å²) in [5.74, 6) is -0.0925. The maximum atomic E-state index is 12.9. The zero-order chi connectivity index (χ0) is 37.2. The quantitative estimate of drug-likeness (QED) is 0.0782. The number of benzene rings is 4. The molecule has 0 spiro atoms. The van der Waals surface area contributed by atoms with Crippen LogP contribution < -0.4 is 15.4 Å². The molecule has 0 aliphatic heterocycles. The molecule has 0 saturated carbocycles. The van der Waals surface area contributed by atoms with Crippen molar-refractivity contribution in [2.75, 3.05) is 6.54 Å². The van der Waals surface area contributed by atoms with E-state index in [0.29, 0.717) is 17.7 Å². The number of aliphatic hydroxyl groups excluding tert-OH is 1. The SMILES string of the molecule is C[C@H](Cc1cccc(CC(=O)NCc2cccc(S(=O)(=O)NCc3ccccc3)c2)c1)NC[C@@H](O[Si](C)(C)C(C)(C)C)c1ccc(O)c(CO)c1. The zero-order valence-corrected chi connectivity index (χ0v) is 32.4. The Morgan fingerprint density at radius 3 is 2.22 bits per heavy atom. The molecule has 0 aliphatic carbocycles. The fraction of sp³-hybridized carbons (Fsp3) is 0.375. The zero-order valence-electron chi connectivity index (χ0n) is 30.6. The van der Waals surface area contributed by atoms with Gasteiger partial charge in [0.15, 0.2) is 8.32 Å². The van der Waals surface area contributed by atoms with Crippen molar-refractivity contribution < 1.29 is 27.9 Å². The fourth-order valence-corrected chi connectivity index (χ4v) is 7.79. The van der Waals surface area contributed by atoms with Gasteiger partial charge in [0.1, 0.15) is 5.75 Å². The highest BCUT2D eigenvalue weighted by Gasteiger charge is 2.39. The number of sulfonamides is 1. The summed E-state index contributed by atoms with van der Waals surface area (Å²) in [6.07, 6.45) is 0.669. The van der Waals surface area contributed by atoms with Crippen molar-refractivity contribution in [2.24, 2.45) is 0 Å². The molecule has 0 fully saturated rings. The minimum Gasteiger partial charge on any atom is -0.508 e. The van der Waals surface area contributed by atoms with Crippen molar-refractivity contribution in [3.05, 3.63) is 130 Å². The number of rotatable bonds is 17. The van der Waals surface area contributed by atoms with Crippen LogP contribution in [0.2, 0.25) is 18.1 Å². The van der Waals surface area contributed by atoms with Crippen LogP contribution in [0.25, 0.3) is 0 Å². The highest BCUT2D eigenvalue weighted by molar-refractivity contribution is 7.89. The monoisotopic (exact) mass is 731 g/mol. The van der Waals surface area contributed by atoms with E-state index in [9.17, 15) is 23.4 Å². The summed E-state index contributed by atoms with van der Waals surface area (Å²) in [5.41, 5.74) is 4.91. The van der Waals surface area contributed by atoms with Crippen LogP contribution in [0.15, 0.2) is 102 Å². The van der Waals surface area contributed by atoms with Gasteiger partial charge in [-0.15, -0.1) is 0 Å². The Morgan fingerprint density at radius 2 is 1.51 bits per heavy atom. The Kier molecular flexibility index (Phi) is 13.8. The van der Waals surface area contributed by atoms with Gasteiger partial charge >= 0.3 is 0 Å². The average Bonchev–Trinajstić information content (AvgIpc) is 3.09. The summed E-state index contributed by atoms with van der Waals surface area (Å²) in [7, 11) is -5.87. The smallest absolute Gasteiger partial charge is 0.240 e. The topological polar surface area (TPSA) is 137 Å². The van der Waals surface area contributed by atoms with Crippen molar-refractivity contribution >= 4 is 24.2 Å². The third-order valence-corrected chi connectivity index (χ3v) is 15.3. The minimum absolute atomic E-state index is 0.00509. The molecule has 0 unspecified atom stereocenters. The highest BCUT2D eigenvalue weighted by atomic mass is 32.2. The van der Waals surface area contributed by atoms with Gasteiger partial charge in [-0.05, 0) is 83.6 Å². The van der Waals surface area contributed by atoms with E-state index in [0.717, 1.165) is 28.7 Å². The second-order valence-electron chi connectivity index (χ2n) is 14.7. The molecule has 4 aromatic carbocycles. The lowest BCUT2D eigenvalue weighted by Crippen LogP contribution is -2.44. The molecule has 9 nitrogen and oxygen atoms in total. The van der Waals surface area contributed by atoms with E-state index in [4.69, 9.17) is 4.43 Å². The van der Waals surface area contributed by atoms with Crippen molar-refractivity contribution in [2.45, 2.75) is 95.4 Å². The Morgan fingerprint density at radius 1 is 0.843 bits per heavy atom. The predicted molar refractivity (Wildman–Crippen MR) is 205 cm³/mol. The molecule has 4 aromatic rings. The first-order valence-electron chi connectivity index (χ1n) is 17.4. The molecule has 2 atom stereocenters. The number of aromatic hydroxyl groups is 1. The first kappa shape index (κ1) is 39.9. The van der Waals surface area contributed by atoms with Gasteiger partial charge in [0.25, 0.3) is 0 Å². The van der Waals surface area contributed by atoms with Crippen LogP contribution in [-0.4, -0.2) is 45.4 Å². The molecule has 11 heteroatoms. The summed E-state index contributed by atoms with van der Waals surface area (Å²) >= 11 is 0. The first-order valence-corrected chi connectivity index (χ1v) is 21.8. The highest BCUT2D eigenvalue weighted by Crippen LogP contribution is 2.40. The molecule has 274 valence electrons. The molecule has 0 heterocycles. The van der Waals surface area contributed by atoms with Gasteiger partial charge in [0.2, 0.25) is 15.9 Å². The van der Waals surface area contributed by atoms with E-state index >= 15 is 0 Å². The Balaban J connectivity index is 1.32. The summed E-state index contributed by atoms with van der Waals surface area (Å²) in [5, 5.41) is 26.5. The number of phenols is 1. The maximum absolute atomic E-state index is 12.9. The second-order valence-corrected chi connectivity index (χ2v) is 21.2. The van der Waals surface area contributed by atoms with E-state index in [2.05, 4.69) is 62.2 Å². The van der Waals surface area contributed by atoms with Gasteiger partial charge < -0.3 is 25.3 Å². The minimum atomic E-state index is -3.72. The molecule has 0 bridgehead atoms. The summed E-state index contributed by atoms with van der Waals surface area (Å²) in [6.45, 7) is 13.8. The molecule has 51 heavy (non-hydrogen) atoms. The Hall–Kier alpha value is -3.84. The number of aliphatic hydroxyl groups is 1.